The Labute approximate surface area is 738 Å². The maximum atomic E-state index is 13.1. The molecule has 3 fully saturated rings. The summed E-state index contributed by atoms with van der Waals surface area (Å²) < 4.78 is 80.0. The minimum atomic E-state index is -0.441. The van der Waals surface area contributed by atoms with Gasteiger partial charge in [0, 0.05) is 45.8 Å². The zero-order chi connectivity index (χ0) is 90.7. The quantitative estimate of drug-likeness (QED) is 0.0227. The van der Waals surface area contributed by atoms with Crippen LogP contribution in [0.4, 0.5) is 17.6 Å². The number of hydrogen-bond acceptors (Lipinski definition) is 17. The Morgan fingerprint density at radius 2 is 0.605 bits per heavy atom. The van der Waals surface area contributed by atoms with Gasteiger partial charge in [0.2, 0.25) is 23.6 Å². The van der Waals surface area contributed by atoms with Gasteiger partial charge in [-0.15, -0.1) is 0 Å². The number of fused-ring (bicyclic) bond motifs is 4. The summed E-state index contributed by atoms with van der Waals surface area (Å²) in [5.74, 6) is -2.04. The Morgan fingerprint density at radius 3 is 0.891 bits per heavy atom. The van der Waals surface area contributed by atoms with Crippen LogP contribution < -0.4 is 45.5 Å². The average Bonchev–Trinajstić information content (AvgIpc) is 1.68. The smallest absolute Gasteiger partial charge is 0.255 e. The minimum absolute atomic E-state index is 0.0528. The first kappa shape index (κ1) is 91.2. The molecule has 3 saturated heterocycles. The molecule has 0 aliphatic carbocycles. The van der Waals surface area contributed by atoms with Crippen molar-refractivity contribution < 1.29 is 79.6 Å². The molecule has 0 unspecified atom stereocenters. The molecule has 9 N–H and O–H groups in total. The molecule has 0 saturated carbocycles. The van der Waals surface area contributed by atoms with Gasteiger partial charge in [0.25, 0.3) is 23.6 Å². The van der Waals surface area contributed by atoms with Gasteiger partial charge in [0.15, 0.2) is 0 Å². The molecule has 664 valence electrons. The maximum absolute atomic E-state index is 13.1. The molecule has 7 heterocycles. The van der Waals surface area contributed by atoms with Gasteiger partial charge in [-0.05, 0) is 181 Å². The summed E-state index contributed by atoms with van der Waals surface area (Å²) in [7, 11) is 5.93. The molecule has 4 aromatic heterocycles. The van der Waals surface area contributed by atoms with Gasteiger partial charge >= 0.3 is 0 Å². The number of ether oxygens (including phenoxy) is 5. The first-order chi connectivity index (χ1) is 62.7. The van der Waals surface area contributed by atoms with Crippen molar-refractivity contribution in [2.45, 2.75) is 38.6 Å². The summed E-state index contributed by atoms with van der Waals surface area (Å²) in [6, 6.07) is 47.2. The highest BCUT2D eigenvalue weighted by Crippen LogP contribution is 2.37. The summed E-state index contributed by atoms with van der Waals surface area (Å²) in [5, 5.41) is 44.9. The molecular weight excluding hydrogens is 1660 g/mol. The monoisotopic (exact) mass is 1750 g/mol. The number of nitrogens with zero attached hydrogens (tertiary/aromatic N) is 7. The molecule has 0 radical (unpaired) electrons. The van der Waals surface area contributed by atoms with Crippen molar-refractivity contribution in [3.05, 3.63) is 272 Å². The maximum Gasteiger partial charge on any atom is 0.255 e. The van der Waals surface area contributed by atoms with E-state index in [0.29, 0.717) is 139 Å². The van der Waals surface area contributed by atoms with Gasteiger partial charge in [0.1, 0.15) is 46.3 Å². The van der Waals surface area contributed by atoms with Crippen LogP contribution in [0.25, 0.3) is 92.2 Å². The van der Waals surface area contributed by atoms with Gasteiger partial charge in [-0.2, -0.15) is 20.4 Å². The number of aromatic amines is 4. The third-order valence-corrected chi connectivity index (χ3v) is 21.3. The Balaban J connectivity index is 0.000000147. The van der Waals surface area contributed by atoms with Gasteiger partial charge in [0.05, 0.1) is 156 Å². The zero-order valence-corrected chi connectivity index (χ0v) is 71.0. The first-order valence-corrected chi connectivity index (χ1v) is 41.5. The predicted octanol–water partition coefficient (Wildman–Crippen LogP) is 13.3. The highest BCUT2D eigenvalue weighted by molar-refractivity contribution is 6.10. The van der Waals surface area contributed by atoms with E-state index in [4.69, 9.17) is 23.7 Å². The van der Waals surface area contributed by atoms with Crippen LogP contribution in [0.2, 0.25) is 0 Å². The predicted molar refractivity (Wildman–Crippen MR) is 483 cm³/mol. The number of methoxy groups -OCH3 is 4. The van der Waals surface area contributed by atoms with E-state index < -0.39 is 11.8 Å². The van der Waals surface area contributed by atoms with E-state index >= 15 is 0 Å². The van der Waals surface area contributed by atoms with E-state index in [1.807, 2.05) is 42.5 Å². The summed E-state index contributed by atoms with van der Waals surface area (Å²) >= 11 is 0. The SMILES string of the molecule is COc1c(C(=O)NCC(=O)N2CCCC2)ccc2n[nH]c(/C=C/c3ccc(F)cc3)c12.COc1c(C(=O)NCC(=O)N2CCCCC2)ccc2n[nH]c(/C=C/c3ccc(F)cc3)c12.COc1c(C(=O)NCC(=O)N2CCOCC2)ccc2n[nH]c(/C=C/c3ccc(F)cc3)c12.COc1c(C(=O)NCC(=O)NCc2ccccc2)ccc2n[nH]c(/C=C/c3ccc(F)cc3)c12. The van der Waals surface area contributed by atoms with Crippen LogP contribution in [0.15, 0.2) is 176 Å². The fourth-order valence-corrected chi connectivity index (χ4v) is 14.6. The number of halogens is 4. The van der Waals surface area contributed by atoms with Crippen LogP contribution in [0.5, 0.6) is 23.0 Å². The van der Waals surface area contributed by atoms with Crippen molar-refractivity contribution in [2.24, 2.45) is 0 Å². The summed E-state index contributed by atoms with van der Waals surface area (Å²) in [4.78, 5) is 106. The lowest BCUT2D eigenvalue weighted by atomic mass is 10.1. The molecule has 16 rings (SSSR count). The third-order valence-electron chi connectivity index (χ3n) is 21.3. The van der Waals surface area contributed by atoms with Gasteiger partial charge in [-0.1, -0.05) is 103 Å². The second-order valence-electron chi connectivity index (χ2n) is 29.8. The molecule has 13 aromatic rings. The number of amides is 8. The Morgan fingerprint density at radius 1 is 0.333 bits per heavy atom. The van der Waals surface area contributed by atoms with Crippen molar-refractivity contribution in [1.29, 1.82) is 0 Å². The van der Waals surface area contributed by atoms with Gasteiger partial charge in [-0.3, -0.25) is 58.8 Å². The Kier molecular flexibility index (Phi) is 31.4. The van der Waals surface area contributed by atoms with E-state index in [1.165, 1.54) is 77.0 Å². The second kappa shape index (κ2) is 44.4. The zero-order valence-electron chi connectivity index (χ0n) is 71.0. The summed E-state index contributed by atoms with van der Waals surface area (Å²) in [6.45, 7) is 4.98. The molecule has 9 aromatic carbocycles. The highest BCUT2D eigenvalue weighted by Gasteiger charge is 2.28. The molecular formula is C96H94F4N16O13. The van der Waals surface area contributed by atoms with E-state index in [-0.39, 0.29) is 90.5 Å². The second-order valence-corrected chi connectivity index (χ2v) is 29.8. The number of rotatable bonds is 26. The van der Waals surface area contributed by atoms with E-state index in [9.17, 15) is 55.9 Å². The number of carbonyl (C=O) groups is 8. The third kappa shape index (κ3) is 23.7. The molecule has 3 aliphatic heterocycles. The van der Waals surface area contributed by atoms with Crippen LogP contribution in [0.1, 0.15) is 124 Å². The highest BCUT2D eigenvalue weighted by atomic mass is 19.1. The lowest BCUT2D eigenvalue weighted by Gasteiger charge is -2.26. The van der Waals surface area contributed by atoms with E-state index in [2.05, 4.69) is 67.4 Å². The van der Waals surface area contributed by atoms with Gasteiger partial charge < -0.3 is 65.0 Å². The number of hydrogen-bond donors (Lipinski definition) is 9. The van der Waals surface area contributed by atoms with Crippen molar-refractivity contribution in [3.8, 4) is 23.0 Å². The fraction of sp³-hybridized carbons (Fsp3) is 0.229. The van der Waals surface area contributed by atoms with Gasteiger partial charge in [-0.25, -0.2) is 17.6 Å². The molecule has 29 nitrogen and oxygen atoms in total. The van der Waals surface area contributed by atoms with Crippen LogP contribution in [-0.4, -0.2) is 210 Å². The Bertz CT molecular complexity index is 6090. The molecule has 0 bridgehead atoms. The summed E-state index contributed by atoms with van der Waals surface area (Å²) in [6.07, 6.45) is 19.5. The van der Waals surface area contributed by atoms with E-state index in [1.54, 1.807) is 148 Å². The molecule has 8 amide bonds. The van der Waals surface area contributed by atoms with Crippen molar-refractivity contribution >= 4 is 139 Å². The van der Waals surface area contributed by atoms with Crippen LogP contribution in [0.3, 0.4) is 0 Å². The molecule has 33 heteroatoms. The largest absolute Gasteiger partial charge is 0.495 e. The number of likely N-dealkylation sites (tertiary alicyclic amines) is 2. The molecule has 0 atom stereocenters. The normalized spacial score (nSPS) is 13.2. The number of piperidine rings is 1. The van der Waals surface area contributed by atoms with Crippen molar-refractivity contribution in [2.75, 3.05) is 107 Å². The molecule has 3 aliphatic rings. The molecule has 0 spiro atoms. The standard InChI is InChI=1S/C26H23FN4O3.C24H25FN4O3.C23H23FN4O4.C23H23FN4O3/c1-34-25-20(26(33)29-16-23(32)28-15-18-5-3-2-4-6-18)12-14-22-24(25)21(30-31-22)13-9-17-7-10-19(27)11-8-17;1-32-23-18(24(31)26-15-21(30)29-13-3-2-4-14-29)10-12-20-22(23)19(27-28-20)11-7-16-5-8-17(25)9-6-16;1-31-22-17(23(30)25-14-20(29)28-10-12-32-13-11-28)7-9-19-21(22)18(26-27-19)8-4-15-2-5-16(24)6-3-15;1-31-22-17(23(30)25-14-20(29)28-12-2-3-13-28)9-11-19-21(22)18(26-27-19)10-6-15-4-7-16(24)8-5-15/h2-14H,15-16H2,1H3,(H,28,32)(H,29,33)(H,30,31);5-12H,2-4,13-15H2,1H3,(H,26,31)(H,27,28);2-9H,10-14H2,1H3,(H,25,30)(H,26,27);4-11H,2-3,12-14H2,1H3,(H,25,30)(H,26,27)/b13-9+;11-7+;8-4+;10-6+. The number of morpholine rings is 1. The van der Waals surface area contributed by atoms with Crippen LogP contribution in [-0.2, 0) is 30.5 Å². The minimum Gasteiger partial charge on any atom is -0.495 e. The van der Waals surface area contributed by atoms with Crippen LogP contribution in [0, 0.1) is 23.3 Å². The van der Waals surface area contributed by atoms with Crippen molar-refractivity contribution in [3.63, 3.8) is 0 Å². The lowest BCUT2D eigenvalue weighted by molar-refractivity contribution is -0.134. The van der Waals surface area contributed by atoms with E-state index in [0.717, 1.165) is 86.1 Å². The fourth-order valence-electron chi connectivity index (χ4n) is 14.6. The van der Waals surface area contributed by atoms with Crippen LogP contribution >= 0.6 is 0 Å². The number of carbonyl (C=O) groups excluding carboxylic acids is 8. The summed E-state index contributed by atoms with van der Waals surface area (Å²) in [5.41, 5.74) is 10.5. The first-order valence-electron chi connectivity index (χ1n) is 41.5. The number of aromatic nitrogens is 8. The topological polar surface area (TPSA) is 367 Å². The van der Waals surface area contributed by atoms with Crippen molar-refractivity contribution in [1.82, 2.24) is 82.1 Å². The number of H-pyrrole nitrogens is 4. The lowest BCUT2D eigenvalue weighted by Crippen LogP contribution is -2.45. The Hall–Kier alpha value is -15.5. The average molecular weight is 1760 g/mol. The molecule has 129 heavy (non-hydrogen) atoms. The number of benzene rings is 9. The number of nitrogens with one attached hydrogen (secondary N) is 9.